The molecule has 1 N–H and O–H groups in total. The Bertz CT molecular complexity index is 732. The molecule has 2 aromatic rings. The molecule has 0 aliphatic carbocycles. The lowest BCUT2D eigenvalue weighted by Crippen LogP contribution is -2.44. The van der Waals surface area contributed by atoms with Gasteiger partial charge >= 0.3 is 0 Å². The average Bonchev–Trinajstić information content (AvgIpc) is 2.77. The number of thiocarbonyl (C=S) groups is 1. The van der Waals surface area contributed by atoms with Crippen molar-refractivity contribution in [2.75, 3.05) is 44.7 Å². The van der Waals surface area contributed by atoms with Gasteiger partial charge in [-0.05, 0) is 54.4 Å². The van der Waals surface area contributed by atoms with Crippen LogP contribution < -0.4 is 5.32 Å². The van der Waals surface area contributed by atoms with Crippen LogP contribution in [0.1, 0.15) is 30.9 Å². The number of pyridine rings is 1. The van der Waals surface area contributed by atoms with Gasteiger partial charge < -0.3 is 15.0 Å². The number of hydrogen-bond donors (Lipinski definition) is 1. The lowest BCUT2D eigenvalue weighted by Gasteiger charge is -2.31. The molecular formula is C23H32N4OS. The maximum Gasteiger partial charge on any atom is 0.173 e. The Kier molecular flexibility index (Phi) is 8.86. The van der Waals surface area contributed by atoms with Crippen molar-refractivity contribution >= 4 is 23.0 Å². The highest BCUT2D eigenvalue weighted by Gasteiger charge is 2.15. The fourth-order valence-corrected chi connectivity index (χ4v) is 3.66. The number of anilines is 1. The molecule has 0 spiro atoms. The van der Waals surface area contributed by atoms with Crippen molar-refractivity contribution in [3.05, 3.63) is 59.9 Å². The van der Waals surface area contributed by atoms with Gasteiger partial charge in [0.25, 0.3) is 0 Å². The SMILES string of the molecule is CCCCc1ccc(NC(=S)N(CCN2CCOCC2)Cc2cccnc2)cc1. The summed E-state index contributed by atoms with van der Waals surface area (Å²) in [7, 11) is 0. The fraction of sp³-hybridized carbons (Fsp3) is 0.478. The third-order valence-corrected chi connectivity index (χ3v) is 5.56. The topological polar surface area (TPSA) is 40.6 Å². The van der Waals surface area contributed by atoms with Gasteiger partial charge in [0.2, 0.25) is 0 Å². The van der Waals surface area contributed by atoms with E-state index in [9.17, 15) is 0 Å². The maximum atomic E-state index is 5.78. The first-order valence-electron chi connectivity index (χ1n) is 10.6. The molecule has 1 fully saturated rings. The zero-order valence-corrected chi connectivity index (χ0v) is 18.2. The van der Waals surface area contributed by atoms with Gasteiger partial charge in [0.05, 0.1) is 13.2 Å². The van der Waals surface area contributed by atoms with Crippen LogP contribution in [0.2, 0.25) is 0 Å². The second-order valence-electron chi connectivity index (χ2n) is 7.47. The van der Waals surface area contributed by atoms with Gasteiger partial charge in [0.1, 0.15) is 0 Å². The first-order valence-corrected chi connectivity index (χ1v) is 11.0. The van der Waals surface area contributed by atoms with Gasteiger partial charge in [0, 0.05) is 50.8 Å². The van der Waals surface area contributed by atoms with E-state index in [1.165, 1.54) is 18.4 Å². The van der Waals surface area contributed by atoms with Gasteiger partial charge in [0.15, 0.2) is 5.11 Å². The van der Waals surface area contributed by atoms with Crippen molar-refractivity contribution in [3.63, 3.8) is 0 Å². The number of nitrogens with one attached hydrogen (secondary N) is 1. The molecule has 2 heterocycles. The van der Waals surface area contributed by atoms with Gasteiger partial charge in [-0.2, -0.15) is 0 Å². The normalized spacial score (nSPS) is 14.5. The monoisotopic (exact) mass is 412 g/mol. The Morgan fingerprint density at radius 2 is 1.97 bits per heavy atom. The molecule has 3 rings (SSSR count). The molecule has 1 aromatic heterocycles. The number of benzene rings is 1. The molecule has 6 heteroatoms. The molecule has 1 aliphatic heterocycles. The number of morpholine rings is 1. The predicted molar refractivity (Wildman–Crippen MR) is 123 cm³/mol. The van der Waals surface area contributed by atoms with Crippen LogP contribution in [-0.4, -0.2) is 59.3 Å². The van der Waals surface area contributed by atoms with Crippen molar-refractivity contribution in [3.8, 4) is 0 Å². The number of ether oxygens (including phenoxy) is 1. The minimum atomic E-state index is 0.749. The van der Waals surface area contributed by atoms with E-state index in [0.717, 1.165) is 68.7 Å². The molecule has 1 aliphatic rings. The van der Waals surface area contributed by atoms with Gasteiger partial charge in [-0.25, -0.2) is 0 Å². The second-order valence-corrected chi connectivity index (χ2v) is 7.85. The number of hydrogen-bond acceptors (Lipinski definition) is 4. The molecule has 0 amide bonds. The van der Waals surface area contributed by atoms with Crippen molar-refractivity contribution < 1.29 is 4.74 Å². The number of aromatic nitrogens is 1. The Balaban J connectivity index is 1.60. The maximum absolute atomic E-state index is 5.78. The van der Waals surface area contributed by atoms with Crippen LogP contribution in [0, 0.1) is 0 Å². The molecule has 1 aromatic carbocycles. The predicted octanol–water partition coefficient (Wildman–Crippen LogP) is 3.96. The summed E-state index contributed by atoms with van der Waals surface area (Å²) in [6.07, 6.45) is 7.29. The number of aryl methyl sites for hydroxylation is 1. The van der Waals surface area contributed by atoms with Crippen LogP contribution in [0.15, 0.2) is 48.8 Å². The quantitative estimate of drug-likeness (QED) is 0.629. The van der Waals surface area contributed by atoms with E-state index in [1.54, 1.807) is 6.20 Å². The summed E-state index contributed by atoms with van der Waals surface area (Å²) < 4.78 is 5.46. The third-order valence-electron chi connectivity index (χ3n) is 5.20. The molecule has 0 atom stereocenters. The Labute approximate surface area is 180 Å². The highest BCUT2D eigenvalue weighted by Crippen LogP contribution is 2.14. The molecule has 1 saturated heterocycles. The minimum absolute atomic E-state index is 0.749. The summed E-state index contributed by atoms with van der Waals surface area (Å²) in [5.74, 6) is 0. The van der Waals surface area contributed by atoms with Gasteiger partial charge in [-0.1, -0.05) is 31.5 Å². The van der Waals surface area contributed by atoms with Gasteiger partial charge in [-0.3, -0.25) is 9.88 Å². The number of unbranched alkanes of at least 4 members (excludes halogenated alkanes) is 1. The van der Waals surface area contributed by atoms with Crippen molar-refractivity contribution in [1.82, 2.24) is 14.8 Å². The van der Waals surface area contributed by atoms with Crippen LogP contribution in [0.5, 0.6) is 0 Å². The largest absolute Gasteiger partial charge is 0.379 e. The van der Waals surface area contributed by atoms with Crippen LogP contribution >= 0.6 is 12.2 Å². The molecular weight excluding hydrogens is 380 g/mol. The average molecular weight is 413 g/mol. The highest BCUT2D eigenvalue weighted by atomic mass is 32.1. The molecule has 0 radical (unpaired) electrons. The van der Waals surface area contributed by atoms with E-state index in [4.69, 9.17) is 17.0 Å². The zero-order valence-electron chi connectivity index (χ0n) is 17.3. The van der Waals surface area contributed by atoms with Crippen LogP contribution in [0.4, 0.5) is 5.69 Å². The van der Waals surface area contributed by atoms with Crippen molar-refractivity contribution in [1.29, 1.82) is 0 Å². The molecule has 0 saturated carbocycles. The van der Waals surface area contributed by atoms with Gasteiger partial charge in [-0.15, -0.1) is 0 Å². The van der Waals surface area contributed by atoms with Crippen molar-refractivity contribution in [2.24, 2.45) is 0 Å². The molecule has 29 heavy (non-hydrogen) atoms. The summed E-state index contributed by atoms with van der Waals surface area (Å²) >= 11 is 5.78. The second kappa shape index (κ2) is 11.9. The number of nitrogens with zero attached hydrogens (tertiary/aromatic N) is 3. The first-order chi connectivity index (χ1) is 14.2. The molecule has 0 unspecified atom stereocenters. The summed E-state index contributed by atoms with van der Waals surface area (Å²) in [5.41, 5.74) is 3.58. The zero-order chi connectivity index (χ0) is 20.3. The summed E-state index contributed by atoms with van der Waals surface area (Å²) in [6.45, 7) is 8.42. The Morgan fingerprint density at radius 3 is 2.66 bits per heavy atom. The van der Waals surface area contributed by atoms with E-state index >= 15 is 0 Å². The lowest BCUT2D eigenvalue weighted by molar-refractivity contribution is 0.0358. The highest BCUT2D eigenvalue weighted by molar-refractivity contribution is 7.80. The van der Waals surface area contributed by atoms with E-state index in [-0.39, 0.29) is 0 Å². The van der Waals surface area contributed by atoms with E-state index in [1.807, 2.05) is 12.3 Å². The van der Waals surface area contributed by atoms with Crippen LogP contribution in [0.25, 0.3) is 0 Å². The minimum Gasteiger partial charge on any atom is -0.379 e. The summed E-state index contributed by atoms with van der Waals surface area (Å²) in [6, 6.07) is 12.7. The van der Waals surface area contributed by atoms with E-state index < -0.39 is 0 Å². The Hall–Kier alpha value is -2.02. The first kappa shape index (κ1) is 21.7. The van der Waals surface area contributed by atoms with Crippen LogP contribution in [0.3, 0.4) is 0 Å². The number of rotatable bonds is 9. The Morgan fingerprint density at radius 1 is 1.17 bits per heavy atom. The molecule has 0 bridgehead atoms. The molecule has 5 nitrogen and oxygen atoms in total. The lowest BCUT2D eigenvalue weighted by atomic mass is 10.1. The van der Waals surface area contributed by atoms with E-state index in [2.05, 4.69) is 57.4 Å². The third kappa shape index (κ3) is 7.38. The summed E-state index contributed by atoms with van der Waals surface area (Å²) in [5, 5.41) is 4.18. The molecule has 156 valence electrons. The van der Waals surface area contributed by atoms with Crippen molar-refractivity contribution in [2.45, 2.75) is 32.7 Å². The van der Waals surface area contributed by atoms with Crippen LogP contribution in [-0.2, 0) is 17.7 Å². The smallest absolute Gasteiger partial charge is 0.173 e. The standard InChI is InChI=1S/C23H32N4OS/c1-2-3-5-20-7-9-22(10-8-20)25-23(29)27(19-21-6-4-11-24-18-21)13-12-26-14-16-28-17-15-26/h4,6-11,18H,2-3,5,12-17,19H2,1H3,(H,25,29). The summed E-state index contributed by atoms with van der Waals surface area (Å²) in [4.78, 5) is 8.91. The van der Waals surface area contributed by atoms with E-state index in [0.29, 0.717) is 0 Å². The fourth-order valence-electron chi connectivity index (χ4n) is 3.39.